The van der Waals surface area contributed by atoms with E-state index < -0.39 is 54.7 Å². The Morgan fingerprint density at radius 3 is 2.28 bits per heavy atom. The van der Waals surface area contributed by atoms with Gasteiger partial charge in [-0.3, -0.25) is 14.4 Å². The lowest BCUT2D eigenvalue weighted by atomic mass is 9.94. The Labute approximate surface area is 169 Å². The fourth-order valence-electron chi connectivity index (χ4n) is 2.83. The normalized spacial score (nSPS) is 24.7. The Kier molecular flexibility index (Phi) is 7.57. The highest BCUT2D eigenvalue weighted by Gasteiger charge is 2.50. The maximum Gasteiger partial charge on any atom is 0.338 e. The predicted molar refractivity (Wildman–Crippen MR) is 97.4 cm³/mol. The van der Waals surface area contributed by atoms with E-state index in [0.29, 0.717) is 5.56 Å². The van der Waals surface area contributed by atoms with Gasteiger partial charge in [0.05, 0.1) is 18.6 Å². The Morgan fingerprint density at radius 1 is 1.03 bits per heavy atom. The van der Waals surface area contributed by atoms with Crippen LogP contribution < -0.4 is 0 Å². The molecule has 9 nitrogen and oxygen atoms in total. The molecular weight excluding hydrogens is 384 g/mol. The Morgan fingerprint density at radius 2 is 1.69 bits per heavy atom. The molecule has 1 aliphatic heterocycles. The molecule has 2 unspecified atom stereocenters. The number of rotatable bonds is 8. The average molecular weight is 409 g/mol. The summed E-state index contributed by atoms with van der Waals surface area (Å²) in [6, 6.07) is 8.19. The summed E-state index contributed by atoms with van der Waals surface area (Å²) in [6.45, 7) is 3.54. The van der Waals surface area contributed by atoms with E-state index in [4.69, 9.17) is 25.1 Å². The van der Waals surface area contributed by atoms with Crippen LogP contribution in [0.1, 0.15) is 38.9 Å². The number of benzene rings is 1. The lowest BCUT2D eigenvalue weighted by molar-refractivity contribution is -0.195. The number of hydrogen-bond acceptors (Lipinski definition) is 9. The first-order valence-corrected chi connectivity index (χ1v) is 9.05. The quantitative estimate of drug-likeness (QED) is 0.467. The number of carbonyl (C=O) groups excluding carboxylic acids is 4. The summed E-state index contributed by atoms with van der Waals surface area (Å²) in [5.41, 5.74) is 0.299. The third-order valence-electron chi connectivity index (χ3n) is 3.97. The summed E-state index contributed by atoms with van der Waals surface area (Å²) < 4.78 is 34.3. The first-order valence-electron chi connectivity index (χ1n) is 9.63. The van der Waals surface area contributed by atoms with Gasteiger partial charge in [-0.1, -0.05) is 18.2 Å². The van der Waals surface area contributed by atoms with Crippen LogP contribution in [0.5, 0.6) is 0 Å². The van der Waals surface area contributed by atoms with Gasteiger partial charge in [0.2, 0.25) is 6.29 Å². The number of esters is 4. The average Bonchev–Trinajstić information content (AvgIpc) is 3.02. The van der Waals surface area contributed by atoms with Crippen molar-refractivity contribution in [2.75, 3.05) is 13.2 Å². The molecule has 1 heterocycles. The maximum atomic E-state index is 12.2. The summed E-state index contributed by atoms with van der Waals surface area (Å²) in [4.78, 5) is 47.4. The van der Waals surface area contributed by atoms with Crippen LogP contribution in [0, 0.1) is 5.92 Å². The highest BCUT2D eigenvalue weighted by Crippen LogP contribution is 2.34. The summed E-state index contributed by atoms with van der Waals surface area (Å²) >= 11 is 0. The molecule has 0 aliphatic carbocycles. The molecule has 29 heavy (non-hydrogen) atoms. The molecule has 0 aromatic heterocycles. The van der Waals surface area contributed by atoms with E-state index in [1.807, 2.05) is 0 Å². The summed E-state index contributed by atoms with van der Waals surface area (Å²) in [7, 11) is 0. The second kappa shape index (κ2) is 10.6. The maximum absolute atomic E-state index is 12.2. The van der Waals surface area contributed by atoms with Crippen molar-refractivity contribution in [1.29, 1.82) is 0 Å². The molecule has 1 fully saturated rings. The second-order valence-corrected chi connectivity index (χ2v) is 6.19. The molecule has 0 N–H and O–H groups in total. The monoisotopic (exact) mass is 409 g/mol. The van der Waals surface area contributed by atoms with Crippen LogP contribution in [0.15, 0.2) is 30.3 Å². The fraction of sp³-hybridized carbons (Fsp3) is 0.500. The van der Waals surface area contributed by atoms with Crippen molar-refractivity contribution >= 4 is 23.9 Å². The van der Waals surface area contributed by atoms with Crippen LogP contribution in [0.25, 0.3) is 0 Å². The van der Waals surface area contributed by atoms with Gasteiger partial charge in [-0.15, -0.1) is 0 Å². The van der Waals surface area contributed by atoms with Crippen molar-refractivity contribution in [3.63, 3.8) is 0 Å². The predicted octanol–water partition coefficient (Wildman–Crippen LogP) is 1.63. The topological polar surface area (TPSA) is 114 Å². The van der Waals surface area contributed by atoms with Crippen LogP contribution in [0.3, 0.4) is 0 Å². The molecule has 0 spiro atoms. The first-order chi connectivity index (χ1) is 14.2. The van der Waals surface area contributed by atoms with E-state index in [-0.39, 0.29) is 13.2 Å². The molecular formula is C20H24O9. The first kappa shape index (κ1) is 20.8. The molecule has 1 saturated heterocycles. The zero-order chi connectivity index (χ0) is 22.3. The SMILES string of the molecule is [2H]C(C(=O)OCC)[C@@H]1[C@@H](COC(=O)c2ccccc2)OC(OC(C)=O)[C@@H]1OC(C)=O. The van der Waals surface area contributed by atoms with Gasteiger partial charge in [0.25, 0.3) is 0 Å². The molecule has 0 saturated carbocycles. The zero-order valence-corrected chi connectivity index (χ0v) is 16.4. The highest BCUT2D eigenvalue weighted by molar-refractivity contribution is 5.89. The molecule has 158 valence electrons. The molecule has 5 atom stereocenters. The third kappa shape index (κ3) is 6.56. The zero-order valence-electron chi connectivity index (χ0n) is 17.4. The van der Waals surface area contributed by atoms with Crippen molar-refractivity contribution < 1.29 is 44.2 Å². The van der Waals surface area contributed by atoms with Gasteiger partial charge >= 0.3 is 23.9 Å². The molecule has 0 bridgehead atoms. The van der Waals surface area contributed by atoms with E-state index in [1.165, 1.54) is 0 Å². The summed E-state index contributed by atoms with van der Waals surface area (Å²) in [5.74, 6) is -4.04. The minimum absolute atomic E-state index is 0.0427. The van der Waals surface area contributed by atoms with Gasteiger partial charge < -0.3 is 23.7 Å². The number of hydrogen-bond donors (Lipinski definition) is 0. The molecule has 0 radical (unpaired) electrons. The molecule has 1 aromatic rings. The molecule has 9 heteroatoms. The number of ether oxygens (including phenoxy) is 5. The van der Waals surface area contributed by atoms with Crippen LogP contribution in [-0.4, -0.2) is 55.6 Å². The van der Waals surface area contributed by atoms with Crippen molar-refractivity contribution in [2.45, 2.75) is 45.7 Å². The molecule has 0 amide bonds. The van der Waals surface area contributed by atoms with E-state index in [2.05, 4.69) is 0 Å². The van der Waals surface area contributed by atoms with E-state index in [0.717, 1.165) is 13.8 Å². The Hall–Kier alpha value is -2.94. The van der Waals surface area contributed by atoms with Gasteiger partial charge in [-0.2, -0.15) is 0 Å². The second-order valence-electron chi connectivity index (χ2n) is 6.19. The van der Waals surface area contributed by atoms with E-state index in [9.17, 15) is 19.2 Å². The largest absolute Gasteiger partial charge is 0.466 e. The van der Waals surface area contributed by atoms with Crippen molar-refractivity contribution in [1.82, 2.24) is 0 Å². The van der Waals surface area contributed by atoms with Gasteiger partial charge in [0, 0.05) is 21.1 Å². The van der Waals surface area contributed by atoms with E-state index >= 15 is 0 Å². The van der Waals surface area contributed by atoms with Gasteiger partial charge in [-0.25, -0.2) is 4.79 Å². The lowest BCUT2D eigenvalue weighted by Crippen LogP contribution is -2.37. The smallest absolute Gasteiger partial charge is 0.338 e. The minimum atomic E-state index is -1.53. The standard InChI is InChI=1S/C20H24O9/c1-4-25-17(23)10-15-16(11-26-19(24)14-8-6-5-7-9-14)29-20(28-13(3)22)18(15)27-12(2)21/h5-9,15-16,18,20H,4,10-11H2,1-3H3/t15-,16-,18-,20?/m1/s1/i10D/t10?,15-,16-,18-,20?. The van der Waals surface area contributed by atoms with Crippen LogP contribution in [0.4, 0.5) is 0 Å². The van der Waals surface area contributed by atoms with Crippen molar-refractivity contribution in [2.24, 2.45) is 5.92 Å². The molecule has 1 aliphatic rings. The highest BCUT2D eigenvalue weighted by atomic mass is 16.7. The lowest BCUT2D eigenvalue weighted by Gasteiger charge is -2.22. The van der Waals surface area contributed by atoms with Crippen LogP contribution in [0.2, 0.25) is 0 Å². The van der Waals surface area contributed by atoms with Crippen molar-refractivity contribution in [3.8, 4) is 0 Å². The van der Waals surface area contributed by atoms with Crippen LogP contribution >= 0.6 is 0 Å². The minimum Gasteiger partial charge on any atom is -0.466 e. The van der Waals surface area contributed by atoms with Gasteiger partial charge in [0.15, 0.2) is 6.10 Å². The summed E-state index contributed by atoms with van der Waals surface area (Å²) in [5, 5.41) is 0. The number of carbonyl (C=O) groups is 4. The van der Waals surface area contributed by atoms with E-state index in [1.54, 1.807) is 37.3 Å². The van der Waals surface area contributed by atoms with Gasteiger partial charge in [-0.05, 0) is 19.1 Å². The van der Waals surface area contributed by atoms with Crippen LogP contribution in [-0.2, 0) is 38.1 Å². The summed E-state index contributed by atoms with van der Waals surface area (Å²) in [6.07, 6.45) is -5.20. The Balaban J connectivity index is 2.24. The third-order valence-corrected chi connectivity index (χ3v) is 3.97. The van der Waals surface area contributed by atoms with Gasteiger partial charge in [0.1, 0.15) is 12.7 Å². The molecule has 2 rings (SSSR count). The van der Waals surface area contributed by atoms with Crippen molar-refractivity contribution in [3.05, 3.63) is 35.9 Å². The Bertz CT molecular complexity index is 767. The molecule has 1 aromatic carbocycles. The fourth-order valence-corrected chi connectivity index (χ4v) is 2.83.